The molecule has 0 spiro atoms. The number of hydrogen-bond donors (Lipinski definition) is 2. The molecule has 3 rings (SSSR count). The van der Waals surface area contributed by atoms with Gasteiger partial charge < -0.3 is 20.5 Å². The lowest BCUT2D eigenvalue weighted by atomic mass is 10.1. The summed E-state index contributed by atoms with van der Waals surface area (Å²) >= 11 is 1.55. The smallest absolute Gasteiger partial charge is 0.252 e. The van der Waals surface area contributed by atoms with Crippen molar-refractivity contribution in [3.05, 3.63) is 29.1 Å². The maximum absolute atomic E-state index is 11.3. The van der Waals surface area contributed by atoms with Gasteiger partial charge in [0.25, 0.3) is 5.91 Å². The molecule has 8 heteroatoms. The lowest BCUT2D eigenvalue weighted by Gasteiger charge is -2.26. The number of morpholine rings is 1. The molecule has 3 N–H and O–H groups in total. The van der Waals surface area contributed by atoms with Gasteiger partial charge in [-0.3, -0.25) is 4.79 Å². The van der Waals surface area contributed by atoms with Gasteiger partial charge in [-0.15, -0.1) is 23.7 Å². The highest BCUT2D eigenvalue weighted by Gasteiger charge is 2.16. The number of aromatic nitrogens is 1. The summed E-state index contributed by atoms with van der Waals surface area (Å²) in [6.07, 6.45) is 0. The van der Waals surface area contributed by atoms with Crippen LogP contribution in [-0.2, 0) is 4.74 Å². The zero-order valence-electron chi connectivity index (χ0n) is 11.7. The molecule has 1 fully saturated rings. The summed E-state index contributed by atoms with van der Waals surface area (Å²) in [7, 11) is 0. The van der Waals surface area contributed by atoms with Crippen LogP contribution in [0, 0.1) is 0 Å². The van der Waals surface area contributed by atoms with E-state index in [2.05, 4.69) is 9.88 Å². The van der Waals surface area contributed by atoms with Crippen molar-refractivity contribution < 1.29 is 14.6 Å². The molecular formula is C14H16ClN3O3S. The molecular weight excluding hydrogens is 326 g/mol. The molecule has 6 nitrogen and oxygen atoms in total. The number of carbonyl (C=O) groups is 1. The lowest BCUT2D eigenvalue weighted by molar-refractivity contribution is 0.0998. The predicted octanol–water partition coefficient (Wildman–Crippen LogP) is 1.87. The highest BCUT2D eigenvalue weighted by Crippen LogP contribution is 2.30. The highest BCUT2D eigenvalue weighted by molar-refractivity contribution is 7.14. The van der Waals surface area contributed by atoms with E-state index in [-0.39, 0.29) is 23.7 Å². The van der Waals surface area contributed by atoms with Gasteiger partial charge in [-0.25, -0.2) is 4.98 Å². The van der Waals surface area contributed by atoms with Crippen molar-refractivity contribution in [2.45, 2.75) is 0 Å². The number of ether oxygens (including phenoxy) is 1. The third-order valence-electron chi connectivity index (χ3n) is 3.33. The van der Waals surface area contributed by atoms with E-state index in [4.69, 9.17) is 10.5 Å². The number of phenols is 1. The van der Waals surface area contributed by atoms with Crippen LogP contribution in [0.4, 0.5) is 5.13 Å². The quantitative estimate of drug-likeness (QED) is 0.889. The number of anilines is 1. The van der Waals surface area contributed by atoms with Crippen molar-refractivity contribution in [3.8, 4) is 17.0 Å². The van der Waals surface area contributed by atoms with Gasteiger partial charge in [0, 0.05) is 24.0 Å². The Labute approximate surface area is 137 Å². The van der Waals surface area contributed by atoms with Crippen LogP contribution in [0.5, 0.6) is 5.75 Å². The van der Waals surface area contributed by atoms with E-state index in [1.165, 1.54) is 6.07 Å². The van der Waals surface area contributed by atoms with E-state index in [0.29, 0.717) is 13.2 Å². The summed E-state index contributed by atoms with van der Waals surface area (Å²) in [5, 5.41) is 12.5. The van der Waals surface area contributed by atoms with Gasteiger partial charge in [-0.1, -0.05) is 0 Å². The topological polar surface area (TPSA) is 88.7 Å². The minimum Gasteiger partial charge on any atom is -0.507 e. The van der Waals surface area contributed by atoms with Gasteiger partial charge in [0.2, 0.25) is 0 Å². The van der Waals surface area contributed by atoms with E-state index >= 15 is 0 Å². The molecule has 0 atom stereocenters. The molecule has 1 aromatic carbocycles. The first-order valence-corrected chi connectivity index (χ1v) is 7.44. The van der Waals surface area contributed by atoms with Crippen molar-refractivity contribution >= 4 is 34.8 Å². The van der Waals surface area contributed by atoms with Crippen LogP contribution in [0.15, 0.2) is 23.6 Å². The number of nitrogens with zero attached hydrogens (tertiary/aromatic N) is 2. The third kappa shape index (κ3) is 3.32. The van der Waals surface area contributed by atoms with Gasteiger partial charge in [-0.05, 0) is 18.2 Å². The maximum Gasteiger partial charge on any atom is 0.252 e. The number of benzene rings is 1. The first-order chi connectivity index (χ1) is 10.1. The number of nitrogens with two attached hydrogens (primary N) is 1. The zero-order valence-corrected chi connectivity index (χ0v) is 13.3. The van der Waals surface area contributed by atoms with Crippen LogP contribution in [0.2, 0.25) is 0 Å². The van der Waals surface area contributed by atoms with Gasteiger partial charge in [-0.2, -0.15) is 0 Å². The first kappa shape index (κ1) is 16.5. The fourth-order valence-corrected chi connectivity index (χ4v) is 3.08. The zero-order chi connectivity index (χ0) is 14.8. The predicted molar refractivity (Wildman–Crippen MR) is 88.0 cm³/mol. The van der Waals surface area contributed by atoms with Gasteiger partial charge in [0.1, 0.15) is 5.75 Å². The van der Waals surface area contributed by atoms with Gasteiger partial charge in [0.05, 0.1) is 24.5 Å². The Bertz CT molecular complexity index is 671. The van der Waals surface area contributed by atoms with Crippen LogP contribution in [0.3, 0.4) is 0 Å². The van der Waals surface area contributed by atoms with Crippen LogP contribution < -0.4 is 10.6 Å². The summed E-state index contributed by atoms with van der Waals surface area (Å²) in [6.45, 7) is 3.07. The summed E-state index contributed by atoms with van der Waals surface area (Å²) in [5.74, 6) is -0.770. The highest BCUT2D eigenvalue weighted by atomic mass is 35.5. The molecule has 118 valence electrons. The molecule has 0 saturated carbocycles. The maximum atomic E-state index is 11.3. The number of halogens is 1. The molecule has 1 saturated heterocycles. The van der Waals surface area contributed by atoms with Crippen molar-refractivity contribution in [2.24, 2.45) is 5.73 Å². The van der Waals surface area contributed by atoms with Crippen molar-refractivity contribution in [1.29, 1.82) is 0 Å². The molecule has 0 radical (unpaired) electrons. The van der Waals surface area contributed by atoms with Crippen LogP contribution in [0.25, 0.3) is 11.3 Å². The molecule has 1 aliphatic heterocycles. The van der Waals surface area contributed by atoms with Crippen molar-refractivity contribution in [3.63, 3.8) is 0 Å². The average molecular weight is 342 g/mol. The normalized spacial score (nSPS) is 14.5. The Kier molecular flexibility index (Phi) is 5.23. The molecule has 1 aromatic heterocycles. The lowest BCUT2D eigenvalue weighted by Crippen LogP contribution is -2.36. The number of carbonyl (C=O) groups excluding carboxylic acids is 1. The Morgan fingerprint density at radius 1 is 1.36 bits per heavy atom. The molecule has 2 aromatic rings. The standard InChI is InChI=1S/C14H15N3O3S.ClH/c15-13(19)10-7-9(1-2-12(10)18)11-8-21-14(16-11)17-3-5-20-6-4-17;/h1-2,7-8,18H,3-6H2,(H2,15,19);1H. The Hall–Kier alpha value is -1.83. The Morgan fingerprint density at radius 3 is 2.77 bits per heavy atom. The summed E-state index contributed by atoms with van der Waals surface area (Å²) in [4.78, 5) is 18.0. The number of hydrogen-bond acceptors (Lipinski definition) is 6. The van der Waals surface area contributed by atoms with Crippen molar-refractivity contribution in [1.82, 2.24) is 4.98 Å². The molecule has 1 amide bonds. The molecule has 0 aliphatic carbocycles. The minimum absolute atomic E-state index is 0. The molecule has 0 unspecified atom stereocenters. The summed E-state index contributed by atoms with van der Waals surface area (Å²) in [6, 6.07) is 4.75. The minimum atomic E-state index is -0.655. The molecule has 1 aliphatic rings. The summed E-state index contributed by atoms with van der Waals surface area (Å²) in [5.41, 5.74) is 6.88. The van der Waals surface area contributed by atoms with Crippen LogP contribution in [0.1, 0.15) is 10.4 Å². The van der Waals surface area contributed by atoms with E-state index in [1.807, 2.05) is 5.38 Å². The summed E-state index contributed by atoms with van der Waals surface area (Å²) < 4.78 is 5.32. The fraction of sp³-hybridized carbons (Fsp3) is 0.286. The second-order valence-corrected chi connectivity index (χ2v) is 5.55. The Balaban J connectivity index is 0.00000176. The average Bonchev–Trinajstić information content (AvgIpc) is 2.98. The second-order valence-electron chi connectivity index (χ2n) is 4.71. The Morgan fingerprint density at radius 2 is 2.09 bits per heavy atom. The second kappa shape index (κ2) is 6.95. The number of rotatable bonds is 3. The first-order valence-electron chi connectivity index (χ1n) is 6.56. The molecule has 0 bridgehead atoms. The number of amides is 1. The monoisotopic (exact) mass is 341 g/mol. The number of primary amides is 1. The number of aromatic hydroxyl groups is 1. The number of thiazole rings is 1. The van der Waals surface area contributed by atoms with Gasteiger partial charge in [0.15, 0.2) is 5.13 Å². The fourth-order valence-electron chi connectivity index (χ4n) is 2.19. The van der Waals surface area contributed by atoms with Crippen LogP contribution >= 0.6 is 23.7 Å². The largest absolute Gasteiger partial charge is 0.507 e. The van der Waals surface area contributed by atoms with E-state index in [1.54, 1.807) is 23.5 Å². The molecule has 2 heterocycles. The SMILES string of the molecule is Cl.NC(=O)c1cc(-c2csc(N3CCOCC3)n2)ccc1O. The molecule has 22 heavy (non-hydrogen) atoms. The van der Waals surface area contributed by atoms with Crippen molar-refractivity contribution in [2.75, 3.05) is 31.2 Å². The van der Waals surface area contributed by atoms with Crippen LogP contribution in [-0.4, -0.2) is 42.3 Å². The van der Waals surface area contributed by atoms with E-state index < -0.39 is 5.91 Å². The van der Waals surface area contributed by atoms with Gasteiger partial charge >= 0.3 is 0 Å². The van der Waals surface area contributed by atoms with E-state index in [9.17, 15) is 9.90 Å². The third-order valence-corrected chi connectivity index (χ3v) is 4.23. The van der Waals surface area contributed by atoms with E-state index in [0.717, 1.165) is 29.5 Å².